The van der Waals surface area contributed by atoms with Crippen LogP contribution < -0.4 is 4.74 Å². The van der Waals surface area contributed by atoms with Crippen molar-refractivity contribution >= 4 is 6.08 Å². The van der Waals surface area contributed by atoms with Gasteiger partial charge in [-0.2, -0.15) is 0 Å². The predicted molar refractivity (Wildman–Crippen MR) is 62.9 cm³/mol. The third-order valence-electron chi connectivity index (χ3n) is 2.04. The van der Waals surface area contributed by atoms with Gasteiger partial charge in [0.05, 0.1) is 20.0 Å². The number of ether oxygens (including phenoxy) is 2. The van der Waals surface area contributed by atoms with E-state index in [0.29, 0.717) is 0 Å². The van der Waals surface area contributed by atoms with E-state index in [1.165, 1.54) is 0 Å². The van der Waals surface area contributed by atoms with E-state index in [2.05, 4.69) is 6.92 Å². The fourth-order valence-corrected chi connectivity index (χ4v) is 1.16. The normalized spacial score (nSPS) is 10.5. The second-order valence-electron chi connectivity index (χ2n) is 3.31. The standard InChI is InChI=1S/C13H18O2/c1-3-4-10-15-13-7-5-12(6-8-13)9-11-14-2/h5-9,11H,3-4,10H2,1-2H3/b11-9+. The van der Waals surface area contributed by atoms with Crippen molar-refractivity contribution in [3.05, 3.63) is 36.1 Å². The molecule has 0 N–H and O–H groups in total. The Kier molecular flexibility index (Phi) is 5.38. The van der Waals surface area contributed by atoms with Gasteiger partial charge in [-0.25, -0.2) is 0 Å². The Labute approximate surface area is 91.5 Å². The Bertz CT molecular complexity index is 288. The van der Waals surface area contributed by atoms with Crippen molar-refractivity contribution in [3.8, 4) is 5.75 Å². The monoisotopic (exact) mass is 206 g/mol. The zero-order chi connectivity index (χ0) is 10.9. The van der Waals surface area contributed by atoms with Crippen molar-refractivity contribution in [3.63, 3.8) is 0 Å². The molecule has 0 atom stereocenters. The first-order valence-corrected chi connectivity index (χ1v) is 5.29. The molecule has 0 saturated carbocycles. The molecule has 2 nitrogen and oxygen atoms in total. The van der Waals surface area contributed by atoms with Crippen LogP contribution in [0.3, 0.4) is 0 Å². The molecule has 0 spiro atoms. The van der Waals surface area contributed by atoms with E-state index in [1.807, 2.05) is 30.3 Å². The molecule has 0 fully saturated rings. The van der Waals surface area contributed by atoms with Crippen molar-refractivity contribution in [1.29, 1.82) is 0 Å². The lowest BCUT2D eigenvalue weighted by molar-refractivity contribution is 0.309. The molecule has 1 aromatic rings. The molecule has 1 aromatic carbocycles. The van der Waals surface area contributed by atoms with Gasteiger partial charge >= 0.3 is 0 Å². The van der Waals surface area contributed by atoms with Crippen molar-refractivity contribution in [2.75, 3.05) is 13.7 Å². The molecule has 0 radical (unpaired) electrons. The van der Waals surface area contributed by atoms with Gasteiger partial charge in [0.2, 0.25) is 0 Å². The summed E-state index contributed by atoms with van der Waals surface area (Å²) < 4.78 is 10.4. The summed E-state index contributed by atoms with van der Waals surface area (Å²) in [5.74, 6) is 0.929. The minimum Gasteiger partial charge on any atom is -0.504 e. The van der Waals surface area contributed by atoms with Gasteiger partial charge in [0, 0.05) is 0 Å². The largest absolute Gasteiger partial charge is 0.504 e. The summed E-state index contributed by atoms with van der Waals surface area (Å²) in [6, 6.07) is 7.98. The third-order valence-corrected chi connectivity index (χ3v) is 2.04. The molecule has 0 aliphatic heterocycles. The van der Waals surface area contributed by atoms with Crippen molar-refractivity contribution in [2.24, 2.45) is 0 Å². The van der Waals surface area contributed by atoms with Gasteiger partial charge in [-0.1, -0.05) is 25.5 Å². The van der Waals surface area contributed by atoms with Gasteiger partial charge in [0.25, 0.3) is 0 Å². The molecule has 0 heterocycles. The second-order valence-corrected chi connectivity index (χ2v) is 3.31. The van der Waals surface area contributed by atoms with Gasteiger partial charge in [0.15, 0.2) is 0 Å². The fourth-order valence-electron chi connectivity index (χ4n) is 1.16. The molecular formula is C13H18O2. The van der Waals surface area contributed by atoms with Crippen molar-refractivity contribution < 1.29 is 9.47 Å². The van der Waals surface area contributed by atoms with Crippen LogP contribution >= 0.6 is 0 Å². The Morgan fingerprint density at radius 1 is 1.20 bits per heavy atom. The van der Waals surface area contributed by atoms with Crippen LogP contribution in [0.1, 0.15) is 25.3 Å². The number of hydrogen-bond acceptors (Lipinski definition) is 2. The Morgan fingerprint density at radius 2 is 1.93 bits per heavy atom. The van der Waals surface area contributed by atoms with E-state index < -0.39 is 0 Å². The third kappa shape index (κ3) is 4.54. The Hall–Kier alpha value is -1.44. The summed E-state index contributed by atoms with van der Waals surface area (Å²) in [6.07, 6.45) is 5.84. The lowest BCUT2D eigenvalue weighted by Gasteiger charge is -2.04. The topological polar surface area (TPSA) is 18.5 Å². The molecule has 0 aliphatic rings. The second kappa shape index (κ2) is 6.93. The number of rotatable bonds is 6. The summed E-state index contributed by atoms with van der Waals surface area (Å²) >= 11 is 0. The quantitative estimate of drug-likeness (QED) is 0.524. The molecule has 15 heavy (non-hydrogen) atoms. The maximum atomic E-state index is 5.55. The van der Waals surface area contributed by atoms with Gasteiger partial charge < -0.3 is 9.47 Å². The molecule has 0 aromatic heterocycles. The highest BCUT2D eigenvalue weighted by molar-refractivity contribution is 5.49. The number of methoxy groups -OCH3 is 1. The van der Waals surface area contributed by atoms with Crippen LogP contribution in [-0.2, 0) is 4.74 Å². The van der Waals surface area contributed by atoms with Crippen LogP contribution in [0.15, 0.2) is 30.5 Å². The highest BCUT2D eigenvalue weighted by Gasteiger charge is 1.92. The van der Waals surface area contributed by atoms with E-state index >= 15 is 0 Å². The van der Waals surface area contributed by atoms with Crippen LogP contribution in [0.25, 0.3) is 6.08 Å². The highest BCUT2D eigenvalue weighted by atomic mass is 16.5. The van der Waals surface area contributed by atoms with Gasteiger partial charge in [-0.05, 0) is 30.2 Å². The van der Waals surface area contributed by atoms with Crippen LogP contribution in [0.4, 0.5) is 0 Å². The van der Waals surface area contributed by atoms with E-state index in [-0.39, 0.29) is 0 Å². The van der Waals surface area contributed by atoms with Crippen molar-refractivity contribution in [2.45, 2.75) is 19.8 Å². The summed E-state index contributed by atoms with van der Waals surface area (Å²) in [7, 11) is 1.64. The van der Waals surface area contributed by atoms with Crippen LogP contribution in [0.5, 0.6) is 5.75 Å². The predicted octanol–water partition coefficient (Wildman–Crippen LogP) is 3.48. The smallest absolute Gasteiger partial charge is 0.119 e. The Balaban J connectivity index is 2.45. The lowest BCUT2D eigenvalue weighted by atomic mass is 10.2. The van der Waals surface area contributed by atoms with Crippen LogP contribution in [0.2, 0.25) is 0 Å². The van der Waals surface area contributed by atoms with Crippen LogP contribution in [0, 0.1) is 0 Å². The molecule has 0 unspecified atom stereocenters. The average molecular weight is 206 g/mol. The molecule has 0 saturated heterocycles. The molecule has 0 bridgehead atoms. The molecule has 0 amide bonds. The first-order valence-electron chi connectivity index (χ1n) is 5.29. The first-order chi connectivity index (χ1) is 7.36. The van der Waals surface area contributed by atoms with Crippen molar-refractivity contribution in [1.82, 2.24) is 0 Å². The van der Waals surface area contributed by atoms with E-state index in [4.69, 9.17) is 9.47 Å². The minimum atomic E-state index is 0.795. The lowest BCUT2D eigenvalue weighted by Crippen LogP contribution is -1.95. The molecule has 82 valence electrons. The molecule has 0 aliphatic carbocycles. The van der Waals surface area contributed by atoms with Gasteiger partial charge in [-0.15, -0.1) is 0 Å². The Morgan fingerprint density at radius 3 is 2.53 bits per heavy atom. The summed E-state index contributed by atoms with van der Waals surface area (Å²) in [6.45, 7) is 2.95. The molecule has 1 rings (SSSR count). The number of unbranched alkanes of at least 4 members (excludes halogenated alkanes) is 1. The zero-order valence-corrected chi connectivity index (χ0v) is 9.40. The summed E-state index contributed by atoms with van der Waals surface area (Å²) in [4.78, 5) is 0. The summed E-state index contributed by atoms with van der Waals surface area (Å²) in [5.41, 5.74) is 1.11. The first kappa shape index (κ1) is 11.6. The van der Waals surface area contributed by atoms with Gasteiger partial charge in [-0.3, -0.25) is 0 Å². The fraction of sp³-hybridized carbons (Fsp3) is 0.385. The van der Waals surface area contributed by atoms with E-state index in [9.17, 15) is 0 Å². The number of hydrogen-bond donors (Lipinski definition) is 0. The molecular weight excluding hydrogens is 188 g/mol. The maximum absolute atomic E-state index is 5.55. The maximum Gasteiger partial charge on any atom is 0.119 e. The van der Waals surface area contributed by atoms with Crippen LogP contribution in [-0.4, -0.2) is 13.7 Å². The SMILES string of the molecule is CCCCOc1ccc(/C=C/OC)cc1. The summed E-state index contributed by atoms with van der Waals surface area (Å²) in [5, 5.41) is 0. The van der Waals surface area contributed by atoms with E-state index in [0.717, 1.165) is 30.8 Å². The molecule has 2 heteroatoms. The van der Waals surface area contributed by atoms with Gasteiger partial charge in [0.1, 0.15) is 5.75 Å². The highest BCUT2D eigenvalue weighted by Crippen LogP contribution is 2.13. The average Bonchev–Trinajstić information content (AvgIpc) is 2.28. The zero-order valence-electron chi connectivity index (χ0n) is 9.40. The number of benzene rings is 1. The minimum absolute atomic E-state index is 0.795. The van der Waals surface area contributed by atoms with E-state index in [1.54, 1.807) is 13.4 Å².